The SMILES string of the molecule is CC(=O)NC(=Cc1ccccc1)C(=O)OCC(=O)Nc1ccc(N=Nc2ccccc2)cc1. The molecule has 8 heteroatoms. The molecule has 0 aliphatic heterocycles. The molecule has 0 saturated carbocycles. The maximum Gasteiger partial charge on any atom is 0.355 e. The second kappa shape index (κ2) is 11.7. The predicted molar refractivity (Wildman–Crippen MR) is 125 cm³/mol. The normalized spacial score (nSPS) is 11.1. The molecule has 0 fully saturated rings. The van der Waals surface area contributed by atoms with E-state index in [-0.39, 0.29) is 5.70 Å². The van der Waals surface area contributed by atoms with Crippen molar-refractivity contribution in [2.45, 2.75) is 6.92 Å². The Morgan fingerprint density at radius 1 is 0.818 bits per heavy atom. The number of carbonyl (C=O) groups is 3. The molecule has 0 spiro atoms. The molecule has 0 unspecified atom stereocenters. The van der Waals surface area contributed by atoms with E-state index in [1.54, 1.807) is 48.5 Å². The summed E-state index contributed by atoms with van der Waals surface area (Å²) in [5.41, 5.74) is 2.50. The van der Waals surface area contributed by atoms with Crippen molar-refractivity contribution < 1.29 is 19.1 Å². The Morgan fingerprint density at radius 3 is 2.00 bits per heavy atom. The first-order chi connectivity index (χ1) is 16.0. The molecule has 0 radical (unpaired) electrons. The van der Waals surface area contributed by atoms with Gasteiger partial charge in [0.05, 0.1) is 11.4 Å². The van der Waals surface area contributed by atoms with Crippen molar-refractivity contribution in [2.24, 2.45) is 10.2 Å². The summed E-state index contributed by atoms with van der Waals surface area (Å²) in [5, 5.41) is 13.3. The summed E-state index contributed by atoms with van der Waals surface area (Å²) < 4.78 is 5.06. The van der Waals surface area contributed by atoms with E-state index in [4.69, 9.17) is 4.74 Å². The van der Waals surface area contributed by atoms with Crippen LogP contribution in [0.15, 0.2) is 101 Å². The van der Waals surface area contributed by atoms with Crippen molar-refractivity contribution in [3.05, 3.63) is 96.2 Å². The van der Waals surface area contributed by atoms with Gasteiger partial charge >= 0.3 is 5.97 Å². The van der Waals surface area contributed by atoms with Crippen molar-refractivity contribution in [3.8, 4) is 0 Å². The van der Waals surface area contributed by atoms with Gasteiger partial charge in [0, 0.05) is 12.6 Å². The third kappa shape index (κ3) is 7.87. The molecule has 0 aliphatic rings. The van der Waals surface area contributed by atoms with Crippen LogP contribution in [0, 0.1) is 0 Å². The second-order valence-electron chi connectivity index (χ2n) is 6.86. The number of anilines is 1. The number of esters is 1. The maximum absolute atomic E-state index is 12.4. The first-order valence-electron chi connectivity index (χ1n) is 10.1. The van der Waals surface area contributed by atoms with Crippen LogP contribution in [0.2, 0.25) is 0 Å². The van der Waals surface area contributed by atoms with Crippen LogP contribution < -0.4 is 10.6 Å². The molecule has 8 nitrogen and oxygen atoms in total. The van der Waals surface area contributed by atoms with Gasteiger partial charge in [-0.05, 0) is 48.0 Å². The zero-order chi connectivity index (χ0) is 23.5. The minimum absolute atomic E-state index is 0.0605. The molecule has 0 heterocycles. The third-order valence-electron chi connectivity index (χ3n) is 4.16. The highest BCUT2D eigenvalue weighted by molar-refractivity contribution is 5.99. The van der Waals surface area contributed by atoms with Gasteiger partial charge in [0.25, 0.3) is 5.91 Å². The molecule has 2 N–H and O–H groups in total. The second-order valence-corrected chi connectivity index (χ2v) is 6.86. The lowest BCUT2D eigenvalue weighted by Crippen LogP contribution is -2.28. The fourth-order valence-electron chi connectivity index (χ4n) is 2.68. The lowest BCUT2D eigenvalue weighted by atomic mass is 10.2. The Labute approximate surface area is 191 Å². The van der Waals surface area contributed by atoms with Gasteiger partial charge in [0.2, 0.25) is 5.91 Å². The number of benzene rings is 3. The summed E-state index contributed by atoms with van der Waals surface area (Å²) in [5.74, 6) is -1.77. The van der Waals surface area contributed by atoms with Crippen LogP contribution >= 0.6 is 0 Å². The van der Waals surface area contributed by atoms with E-state index in [9.17, 15) is 14.4 Å². The minimum atomic E-state index is -0.819. The van der Waals surface area contributed by atoms with Crippen LogP contribution in [-0.2, 0) is 19.1 Å². The molecule has 166 valence electrons. The zero-order valence-corrected chi connectivity index (χ0v) is 17.9. The number of carbonyl (C=O) groups excluding carboxylic acids is 3. The van der Waals surface area contributed by atoms with Crippen molar-refractivity contribution in [3.63, 3.8) is 0 Å². The molecule has 0 aromatic heterocycles. The maximum atomic E-state index is 12.4. The van der Waals surface area contributed by atoms with Crippen LogP contribution in [0.5, 0.6) is 0 Å². The molecule has 33 heavy (non-hydrogen) atoms. The third-order valence-corrected chi connectivity index (χ3v) is 4.16. The summed E-state index contributed by atoms with van der Waals surface area (Å²) in [6.07, 6.45) is 1.48. The van der Waals surface area contributed by atoms with Gasteiger partial charge in [-0.3, -0.25) is 9.59 Å². The van der Waals surface area contributed by atoms with Gasteiger partial charge in [0.1, 0.15) is 5.70 Å². The van der Waals surface area contributed by atoms with Gasteiger partial charge in [-0.1, -0.05) is 48.5 Å². The number of amides is 2. The Balaban J connectivity index is 1.54. The standard InChI is InChI=1S/C25H22N4O4/c1-18(30)26-23(16-19-8-4-2-5-9-19)25(32)33-17-24(31)27-20-12-14-22(15-13-20)29-28-21-10-6-3-7-11-21/h2-16H,17H2,1H3,(H,26,30)(H,27,31). The van der Waals surface area contributed by atoms with Crippen LogP contribution in [0.25, 0.3) is 6.08 Å². The molecule has 0 atom stereocenters. The fourth-order valence-corrected chi connectivity index (χ4v) is 2.68. The molecule has 0 bridgehead atoms. The van der Waals surface area contributed by atoms with E-state index in [1.165, 1.54) is 13.0 Å². The smallest absolute Gasteiger partial charge is 0.355 e. The quantitative estimate of drug-likeness (QED) is 0.298. The van der Waals surface area contributed by atoms with E-state index < -0.39 is 24.4 Å². The molecule has 3 aromatic rings. The Hall–Kier alpha value is -4.59. The molecule has 0 saturated heterocycles. The van der Waals surface area contributed by atoms with Gasteiger partial charge in [-0.15, -0.1) is 0 Å². The average Bonchev–Trinajstić information content (AvgIpc) is 2.83. The van der Waals surface area contributed by atoms with E-state index in [0.29, 0.717) is 16.9 Å². The molecule has 0 aliphatic carbocycles. The van der Waals surface area contributed by atoms with Crippen molar-refractivity contribution >= 4 is 40.9 Å². The predicted octanol–water partition coefficient (Wildman–Crippen LogP) is 4.76. The Kier molecular flexibility index (Phi) is 8.19. The number of rotatable bonds is 8. The molecule has 2 amide bonds. The van der Waals surface area contributed by atoms with Gasteiger partial charge < -0.3 is 15.4 Å². The number of hydrogen-bond acceptors (Lipinski definition) is 6. The summed E-state index contributed by atoms with van der Waals surface area (Å²) in [7, 11) is 0. The number of ether oxygens (including phenoxy) is 1. The summed E-state index contributed by atoms with van der Waals surface area (Å²) in [4.78, 5) is 36.0. The lowest BCUT2D eigenvalue weighted by Gasteiger charge is -2.10. The van der Waals surface area contributed by atoms with Crippen LogP contribution in [0.1, 0.15) is 12.5 Å². The van der Waals surface area contributed by atoms with Gasteiger partial charge in [-0.2, -0.15) is 10.2 Å². The highest BCUT2D eigenvalue weighted by atomic mass is 16.5. The summed E-state index contributed by atoms with van der Waals surface area (Å²) in [6, 6.07) is 25.0. The van der Waals surface area contributed by atoms with Crippen LogP contribution in [-0.4, -0.2) is 24.4 Å². The molecule has 3 aromatic carbocycles. The van der Waals surface area contributed by atoms with Crippen molar-refractivity contribution in [1.29, 1.82) is 0 Å². The number of hydrogen-bond donors (Lipinski definition) is 2. The lowest BCUT2D eigenvalue weighted by molar-refractivity contribution is -0.144. The number of nitrogens with one attached hydrogen (secondary N) is 2. The van der Waals surface area contributed by atoms with E-state index in [2.05, 4.69) is 20.9 Å². The highest BCUT2D eigenvalue weighted by Gasteiger charge is 2.15. The number of azo groups is 1. The summed E-state index contributed by atoms with van der Waals surface area (Å²) in [6.45, 7) is 0.766. The largest absolute Gasteiger partial charge is 0.451 e. The van der Waals surface area contributed by atoms with Gasteiger partial charge in [0.15, 0.2) is 6.61 Å². The van der Waals surface area contributed by atoms with E-state index in [0.717, 1.165) is 5.69 Å². The molecular weight excluding hydrogens is 420 g/mol. The molecule has 3 rings (SSSR count). The first kappa shape index (κ1) is 23.1. The number of nitrogens with zero attached hydrogens (tertiary/aromatic N) is 2. The summed E-state index contributed by atoms with van der Waals surface area (Å²) >= 11 is 0. The first-order valence-corrected chi connectivity index (χ1v) is 10.1. The zero-order valence-electron chi connectivity index (χ0n) is 17.9. The average molecular weight is 442 g/mol. The van der Waals surface area contributed by atoms with E-state index >= 15 is 0 Å². The van der Waals surface area contributed by atoms with Crippen LogP contribution in [0.3, 0.4) is 0 Å². The highest BCUT2D eigenvalue weighted by Crippen LogP contribution is 2.20. The van der Waals surface area contributed by atoms with Crippen molar-refractivity contribution in [2.75, 3.05) is 11.9 Å². The van der Waals surface area contributed by atoms with Crippen LogP contribution in [0.4, 0.5) is 17.1 Å². The topological polar surface area (TPSA) is 109 Å². The molecular formula is C25H22N4O4. The van der Waals surface area contributed by atoms with Crippen molar-refractivity contribution in [1.82, 2.24) is 5.32 Å². The monoisotopic (exact) mass is 442 g/mol. The fraction of sp³-hybridized carbons (Fsp3) is 0.0800. The van der Waals surface area contributed by atoms with Gasteiger partial charge in [-0.25, -0.2) is 4.79 Å². The Bertz CT molecular complexity index is 1160. The minimum Gasteiger partial charge on any atom is -0.451 e. The Morgan fingerprint density at radius 2 is 1.39 bits per heavy atom. The van der Waals surface area contributed by atoms with E-state index in [1.807, 2.05) is 36.4 Å².